The molecule has 1 rings (SSSR count). The van der Waals surface area contributed by atoms with Crippen LogP contribution in [-0.4, -0.2) is 78.0 Å². The van der Waals surface area contributed by atoms with Crippen LogP contribution in [0.4, 0.5) is 0 Å². The standard InChI is InChI=1S/C14H28N4OS/c1-12(2)18-10-8-17(9-11-18)7-5-14(19)16(3)6-4-13(15)20/h12H,4-11H2,1-3H3,(H2,15,20). The highest BCUT2D eigenvalue weighted by Crippen LogP contribution is 2.06. The van der Waals surface area contributed by atoms with Gasteiger partial charge in [-0.1, -0.05) is 12.2 Å². The number of nitrogens with zero attached hydrogens (tertiary/aromatic N) is 3. The molecule has 5 nitrogen and oxygen atoms in total. The first-order valence-electron chi connectivity index (χ1n) is 7.39. The number of thiocarbonyl (C=S) groups is 1. The van der Waals surface area contributed by atoms with Gasteiger partial charge in [-0.2, -0.15) is 0 Å². The zero-order chi connectivity index (χ0) is 15.1. The molecule has 0 unspecified atom stereocenters. The van der Waals surface area contributed by atoms with Crippen molar-refractivity contribution >= 4 is 23.1 Å². The van der Waals surface area contributed by atoms with Gasteiger partial charge >= 0.3 is 0 Å². The average Bonchev–Trinajstić information content (AvgIpc) is 2.42. The van der Waals surface area contributed by atoms with Crippen molar-refractivity contribution in [3.8, 4) is 0 Å². The fraction of sp³-hybridized carbons (Fsp3) is 0.857. The lowest BCUT2D eigenvalue weighted by Gasteiger charge is -2.37. The van der Waals surface area contributed by atoms with Gasteiger partial charge in [0, 0.05) is 65.2 Å². The van der Waals surface area contributed by atoms with Gasteiger partial charge in [0.2, 0.25) is 5.91 Å². The number of hydrogen-bond donors (Lipinski definition) is 1. The molecule has 0 atom stereocenters. The Hall–Kier alpha value is -0.720. The van der Waals surface area contributed by atoms with Crippen LogP contribution in [0.15, 0.2) is 0 Å². The smallest absolute Gasteiger partial charge is 0.223 e. The maximum Gasteiger partial charge on any atom is 0.223 e. The molecule has 116 valence electrons. The third-order valence-electron chi connectivity index (χ3n) is 3.90. The Morgan fingerprint density at radius 3 is 2.35 bits per heavy atom. The molecule has 0 bridgehead atoms. The van der Waals surface area contributed by atoms with Crippen molar-refractivity contribution in [2.75, 3.05) is 46.3 Å². The summed E-state index contributed by atoms with van der Waals surface area (Å²) in [7, 11) is 1.82. The summed E-state index contributed by atoms with van der Waals surface area (Å²) < 4.78 is 0. The monoisotopic (exact) mass is 300 g/mol. The van der Waals surface area contributed by atoms with Gasteiger partial charge in [0.05, 0.1) is 4.99 Å². The molecule has 0 aliphatic carbocycles. The molecular weight excluding hydrogens is 272 g/mol. The first kappa shape index (κ1) is 17.3. The van der Waals surface area contributed by atoms with Crippen LogP contribution >= 0.6 is 12.2 Å². The summed E-state index contributed by atoms with van der Waals surface area (Å²) in [5, 5.41) is 0. The molecular formula is C14H28N4OS. The Bertz CT molecular complexity index is 327. The van der Waals surface area contributed by atoms with E-state index in [-0.39, 0.29) is 5.91 Å². The Balaban J connectivity index is 2.20. The summed E-state index contributed by atoms with van der Waals surface area (Å²) in [4.78, 5) is 19.0. The number of carbonyl (C=O) groups is 1. The first-order chi connectivity index (χ1) is 9.40. The summed E-state index contributed by atoms with van der Waals surface area (Å²) in [6, 6.07) is 0.616. The third kappa shape index (κ3) is 6.15. The van der Waals surface area contributed by atoms with E-state index in [1.54, 1.807) is 4.90 Å². The van der Waals surface area contributed by atoms with Crippen LogP contribution in [0.5, 0.6) is 0 Å². The predicted molar refractivity (Wildman–Crippen MR) is 86.8 cm³/mol. The van der Waals surface area contributed by atoms with Crippen molar-refractivity contribution in [3.63, 3.8) is 0 Å². The predicted octanol–water partition coefficient (Wildman–Crippen LogP) is 0.537. The van der Waals surface area contributed by atoms with Gasteiger partial charge in [0.25, 0.3) is 0 Å². The maximum absolute atomic E-state index is 12.0. The van der Waals surface area contributed by atoms with E-state index in [0.29, 0.717) is 30.4 Å². The van der Waals surface area contributed by atoms with Gasteiger partial charge in [0.15, 0.2) is 0 Å². The Morgan fingerprint density at radius 2 is 1.85 bits per heavy atom. The lowest BCUT2D eigenvalue weighted by Crippen LogP contribution is -2.49. The number of carbonyl (C=O) groups excluding carboxylic acids is 1. The van der Waals surface area contributed by atoms with E-state index >= 15 is 0 Å². The second-order valence-corrected chi connectivity index (χ2v) is 6.28. The minimum Gasteiger partial charge on any atom is -0.393 e. The van der Waals surface area contributed by atoms with Crippen molar-refractivity contribution in [2.24, 2.45) is 5.73 Å². The summed E-state index contributed by atoms with van der Waals surface area (Å²) in [5.74, 6) is 0.174. The van der Waals surface area contributed by atoms with Gasteiger partial charge in [-0.25, -0.2) is 0 Å². The molecule has 0 saturated carbocycles. The molecule has 2 N–H and O–H groups in total. The molecule has 0 aromatic rings. The highest BCUT2D eigenvalue weighted by molar-refractivity contribution is 7.80. The van der Waals surface area contributed by atoms with Crippen molar-refractivity contribution in [1.82, 2.24) is 14.7 Å². The number of amides is 1. The van der Waals surface area contributed by atoms with Crippen LogP contribution in [-0.2, 0) is 4.79 Å². The fourth-order valence-electron chi connectivity index (χ4n) is 2.35. The Kier molecular flexibility index (Phi) is 7.40. The summed E-state index contributed by atoms with van der Waals surface area (Å²) >= 11 is 4.83. The normalized spacial score (nSPS) is 17.4. The van der Waals surface area contributed by atoms with E-state index in [2.05, 4.69) is 23.6 Å². The second-order valence-electron chi connectivity index (χ2n) is 5.75. The van der Waals surface area contributed by atoms with Gasteiger partial charge in [-0.05, 0) is 13.8 Å². The van der Waals surface area contributed by atoms with Gasteiger partial charge in [-0.15, -0.1) is 0 Å². The highest BCUT2D eigenvalue weighted by atomic mass is 32.1. The zero-order valence-electron chi connectivity index (χ0n) is 13.0. The molecule has 1 saturated heterocycles. The minimum absolute atomic E-state index is 0.174. The van der Waals surface area contributed by atoms with Crippen LogP contribution in [0.1, 0.15) is 26.7 Å². The third-order valence-corrected chi connectivity index (χ3v) is 4.10. The molecule has 0 spiro atoms. The van der Waals surface area contributed by atoms with Crippen LogP contribution in [0.25, 0.3) is 0 Å². The van der Waals surface area contributed by atoms with Gasteiger partial charge in [-0.3, -0.25) is 9.69 Å². The van der Waals surface area contributed by atoms with Crippen LogP contribution < -0.4 is 5.73 Å². The largest absolute Gasteiger partial charge is 0.393 e. The van der Waals surface area contributed by atoms with E-state index in [0.717, 1.165) is 32.7 Å². The van der Waals surface area contributed by atoms with Crippen molar-refractivity contribution in [2.45, 2.75) is 32.7 Å². The summed E-state index contributed by atoms with van der Waals surface area (Å²) in [5.41, 5.74) is 5.45. The minimum atomic E-state index is 0.174. The number of rotatable bonds is 7. The SMILES string of the molecule is CC(C)N1CCN(CCC(=O)N(C)CCC(N)=S)CC1. The van der Waals surface area contributed by atoms with E-state index in [4.69, 9.17) is 18.0 Å². The molecule has 1 aliphatic heterocycles. The molecule has 1 aliphatic rings. The molecule has 0 aromatic heterocycles. The molecule has 0 aromatic carbocycles. The molecule has 0 radical (unpaired) electrons. The zero-order valence-corrected chi connectivity index (χ0v) is 13.8. The van der Waals surface area contributed by atoms with E-state index in [1.807, 2.05) is 7.05 Å². The quantitative estimate of drug-likeness (QED) is 0.696. The number of nitrogens with two attached hydrogens (primary N) is 1. The highest BCUT2D eigenvalue weighted by Gasteiger charge is 2.19. The molecule has 1 fully saturated rings. The van der Waals surface area contributed by atoms with Crippen LogP contribution in [0.3, 0.4) is 0 Å². The van der Waals surface area contributed by atoms with Crippen molar-refractivity contribution in [1.29, 1.82) is 0 Å². The Labute approximate surface area is 128 Å². The van der Waals surface area contributed by atoms with Crippen LogP contribution in [0, 0.1) is 0 Å². The van der Waals surface area contributed by atoms with Crippen molar-refractivity contribution in [3.05, 3.63) is 0 Å². The second kappa shape index (κ2) is 8.54. The fourth-order valence-corrected chi connectivity index (χ4v) is 2.44. The average molecular weight is 300 g/mol. The lowest BCUT2D eigenvalue weighted by molar-refractivity contribution is -0.130. The first-order valence-corrected chi connectivity index (χ1v) is 7.79. The van der Waals surface area contributed by atoms with Crippen molar-refractivity contribution < 1.29 is 4.79 Å². The maximum atomic E-state index is 12.0. The molecule has 6 heteroatoms. The Morgan fingerprint density at radius 1 is 1.25 bits per heavy atom. The summed E-state index contributed by atoms with van der Waals surface area (Å²) in [6.07, 6.45) is 1.18. The topological polar surface area (TPSA) is 52.8 Å². The number of piperazine rings is 1. The van der Waals surface area contributed by atoms with E-state index in [1.165, 1.54) is 0 Å². The van der Waals surface area contributed by atoms with Gasteiger partial charge < -0.3 is 15.5 Å². The molecule has 1 heterocycles. The van der Waals surface area contributed by atoms with Gasteiger partial charge in [0.1, 0.15) is 0 Å². The molecule has 1 amide bonds. The molecule has 20 heavy (non-hydrogen) atoms. The van der Waals surface area contributed by atoms with Crippen LogP contribution in [0.2, 0.25) is 0 Å². The number of hydrogen-bond acceptors (Lipinski definition) is 4. The lowest BCUT2D eigenvalue weighted by atomic mass is 10.2. The van der Waals surface area contributed by atoms with E-state index < -0.39 is 0 Å². The summed E-state index contributed by atoms with van der Waals surface area (Å²) in [6.45, 7) is 10.2. The van der Waals surface area contributed by atoms with E-state index in [9.17, 15) is 4.79 Å².